The molecule has 0 fully saturated rings. The molecule has 1 aromatic heterocycles. The van der Waals surface area contributed by atoms with Crippen molar-refractivity contribution in [2.75, 3.05) is 6.54 Å². The average Bonchev–Trinajstić information content (AvgIpc) is 2.95. The Labute approximate surface area is 142 Å². The number of carbonyl (C=O) groups excluding carboxylic acids is 1. The van der Waals surface area contributed by atoms with Crippen molar-refractivity contribution in [2.24, 2.45) is 0 Å². The molecular weight excluding hydrogens is 337 g/mol. The lowest BCUT2D eigenvalue weighted by atomic mass is 10.1. The van der Waals surface area contributed by atoms with E-state index in [4.69, 9.17) is 0 Å². The summed E-state index contributed by atoms with van der Waals surface area (Å²) in [5.74, 6) is 0.203. The summed E-state index contributed by atoms with van der Waals surface area (Å²) in [5, 5.41) is 5.65. The van der Waals surface area contributed by atoms with Crippen molar-refractivity contribution in [1.82, 2.24) is 10.3 Å². The Morgan fingerprint density at radius 1 is 1.25 bits per heavy atom. The zero-order valence-electron chi connectivity index (χ0n) is 13.5. The van der Waals surface area contributed by atoms with Crippen LogP contribution in [0, 0.1) is 0 Å². The largest absolute Gasteiger partial charge is 0.416 e. The molecule has 2 rings (SSSR count). The van der Waals surface area contributed by atoms with Gasteiger partial charge in [-0.15, -0.1) is 11.3 Å². The number of thiazole rings is 1. The summed E-state index contributed by atoms with van der Waals surface area (Å²) >= 11 is 1.54. The summed E-state index contributed by atoms with van der Waals surface area (Å²) in [6.07, 6.45) is -3.62. The fraction of sp³-hybridized carbons (Fsp3) is 0.412. The van der Waals surface area contributed by atoms with E-state index in [0.717, 1.165) is 28.4 Å². The lowest BCUT2D eigenvalue weighted by molar-refractivity contribution is -0.137. The van der Waals surface area contributed by atoms with Crippen LogP contribution in [0.15, 0.2) is 29.6 Å². The van der Waals surface area contributed by atoms with Crippen LogP contribution in [0.5, 0.6) is 0 Å². The van der Waals surface area contributed by atoms with Crippen molar-refractivity contribution in [2.45, 2.75) is 38.8 Å². The summed E-state index contributed by atoms with van der Waals surface area (Å²) in [4.78, 5) is 16.3. The summed E-state index contributed by atoms with van der Waals surface area (Å²) < 4.78 is 37.4. The second kappa shape index (κ2) is 7.79. The first-order valence-electron chi connectivity index (χ1n) is 7.63. The number of benzene rings is 1. The van der Waals surface area contributed by atoms with Crippen LogP contribution in [-0.4, -0.2) is 17.4 Å². The number of carbonyl (C=O) groups is 1. The van der Waals surface area contributed by atoms with E-state index < -0.39 is 11.7 Å². The van der Waals surface area contributed by atoms with Crippen molar-refractivity contribution < 1.29 is 18.0 Å². The predicted octanol–water partition coefficient (Wildman–Crippen LogP) is 4.19. The van der Waals surface area contributed by atoms with Crippen LogP contribution in [0.3, 0.4) is 0 Å². The van der Waals surface area contributed by atoms with Gasteiger partial charge in [-0.05, 0) is 24.1 Å². The third-order valence-electron chi connectivity index (χ3n) is 3.42. The van der Waals surface area contributed by atoms with Crippen molar-refractivity contribution in [3.63, 3.8) is 0 Å². The molecule has 0 spiro atoms. The van der Waals surface area contributed by atoms with Gasteiger partial charge in [0.1, 0.15) is 0 Å². The molecule has 0 saturated carbocycles. The fourth-order valence-corrected chi connectivity index (χ4v) is 2.94. The smallest absolute Gasteiger partial charge is 0.355 e. The zero-order chi connectivity index (χ0) is 17.7. The van der Waals surface area contributed by atoms with Crippen LogP contribution < -0.4 is 5.32 Å². The molecule has 0 aliphatic carbocycles. The molecule has 1 aromatic carbocycles. The lowest BCUT2D eigenvalue weighted by Gasteiger charge is -2.08. The maximum atomic E-state index is 12.5. The molecule has 0 radical (unpaired) electrons. The molecule has 0 atom stereocenters. The molecule has 1 N–H and O–H groups in total. The molecular formula is C17H19F3N2OS. The van der Waals surface area contributed by atoms with E-state index in [1.54, 1.807) is 11.3 Å². The van der Waals surface area contributed by atoms with E-state index in [2.05, 4.69) is 10.3 Å². The number of nitrogens with one attached hydrogen (secondary N) is 1. The van der Waals surface area contributed by atoms with E-state index in [1.165, 1.54) is 12.1 Å². The maximum Gasteiger partial charge on any atom is 0.416 e. The molecule has 1 heterocycles. The van der Waals surface area contributed by atoms with Gasteiger partial charge in [0.2, 0.25) is 5.91 Å². The Morgan fingerprint density at radius 3 is 2.46 bits per heavy atom. The third-order valence-corrected chi connectivity index (χ3v) is 4.62. The highest BCUT2D eigenvalue weighted by Crippen LogP contribution is 2.29. The van der Waals surface area contributed by atoms with Crippen LogP contribution >= 0.6 is 11.3 Å². The Bertz CT molecular complexity index is 678. The first-order chi connectivity index (χ1) is 11.3. The molecule has 24 heavy (non-hydrogen) atoms. The van der Waals surface area contributed by atoms with Gasteiger partial charge < -0.3 is 5.32 Å². The number of aromatic nitrogens is 1. The molecule has 0 saturated heterocycles. The minimum atomic E-state index is -4.32. The standard InChI is InChI=1S/C17H19F3N2OS/c1-11(2)16-22-14(10-24-16)9-15(23)21-8-7-12-3-5-13(6-4-12)17(18,19)20/h3-6,10-11H,7-9H2,1-2H3,(H,21,23). The number of hydrogen-bond donors (Lipinski definition) is 1. The topological polar surface area (TPSA) is 42.0 Å². The van der Waals surface area contributed by atoms with Gasteiger partial charge in [-0.1, -0.05) is 26.0 Å². The Hall–Kier alpha value is -1.89. The number of nitrogens with zero attached hydrogens (tertiary/aromatic N) is 1. The van der Waals surface area contributed by atoms with E-state index >= 15 is 0 Å². The predicted molar refractivity (Wildman–Crippen MR) is 88.1 cm³/mol. The monoisotopic (exact) mass is 356 g/mol. The molecule has 0 aliphatic heterocycles. The molecule has 0 bridgehead atoms. The molecule has 2 aromatic rings. The second-order valence-electron chi connectivity index (χ2n) is 5.80. The van der Waals surface area contributed by atoms with Crippen LogP contribution in [-0.2, 0) is 23.8 Å². The maximum absolute atomic E-state index is 12.5. The summed E-state index contributed by atoms with van der Waals surface area (Å²) in [7, 11) is 0. The first-order valence-corrected chi connectivity index (χ1v) is 8.51. The van der Waals surface area contributed by atoms with Gasteiger partial charge in [0.15, 0.2) is 0 Å². The fourth-order valence-electron chi connectivity index (χ4n) is 2.10. The van der Waals surface area contributed by atoms with Gasteiger partial charge in [-0.2, -0.15) is 13.2 Å². The van der Waals surface area contributed by atoms with Gasteiger partial charge in [-0.25, -0.2) is 4.98 Å². The van der Waals surface area contributed by atoms with Crippen molar-refractivity contribution in [3.8, 4) is 0 Å². The van der Waals surface area contributed by atoms with Gasteiger partial charge in [-0.3, -0.25) is 4.79 Å². The average molecular weight is 356 g/mol. The van der Waals surface area contributed by atoms with Crippen molar-refractivity contribution >= 4 is 17.2 Å². The summed E-state index contributed by atoms with van der Waals surface area (Å²) in [6.45, 7) is 4.48. The van der Waals surface area contributed by atoms with Crippen molar-refractivity contribution in [1.29, 1.82) is 0 Å². The molecule has 3 nitrogen and oxygen atoms in total. The third kappa shape index (κ3) is 5.33. The highest BCUT2D eigenvalue weighted by molar-refractivity contribution is 7.09. The van der Waals surface area contributed by atoms with Gasteiger partial charge in [0.25, 0.3) is 0 Å². The minimum Gasteiger partial charge on any atom is -0.355 e. The highest BCUT2D eigenvalue weighted by atomic mass is 32.1. The Balaban J connectivity index is 1.78. The molecule has 0 aliphatic rings. The minimum absolute atomic E-state index is 0.137. The number of alkyl halides is 3. The number of amides is 1. The van der Waals surface area contributed by atoms with Crippen LogP contribution in [0.4, 0.5) is 13.2 Å². The van der Waals surface area contributed by atoms with E-state index in [0.29, 0.717) is 18.9 Å². The summed E-state index contributed by atoms with van der Waals surface area (Å²) in [6, 6.07) is 4.98. The number of rotatable bonds is 6. The van der Waals surface area contributed by atoms with Crippen LogP contribution in [0.1, 0.15) is 41.6 Å². The molecule has 1 amide bonds. The van der Waals surface area contributed by atoms with E-state index in [9.17, 15) is 18.0 Å². The van der Waals surface area contributed by atoms with Gasteiger partial charge in [0.05, 0.1) is 22.7 Å². The molecule has 0 unspecified atom stereocenters. The molecule has 7 heteroatoms. The Kier molecular flexibility index (Phi) is 5.99. The van der Waals surface area contributed by atoms with Gasteiger partial charge >= 0.3 is 6.18 Å². The number of halogens is 3. The SMILES string of the molecule is CC(C)c1nc(CC(=O)NCCc2ccc(C(F)(F)F)cc2)cs1. The van der Waals surface area contributed by atoms with Crippen LogP contribution in [0.2, 0.25) is 0 Å². The van der Waals surface area contributed by atoms with E-state index in [1.807, 2.05) is 19.2 Å². The Morgan fingerprint density at radius 2 is 1.92 bits per heavy atom. The van der Waals surface area contributed by atoms with E-state index in [-0.39, 0.29) is 12.3 Å². The highest BCUT2D eigenvalue weighted by Gasteiger charge is 2.29. The van der Waals surface area contributed by atoms with Gasteiger partial charge in [0, 0.05) is 17.8 Å². The summed E-state index contributed by atoms with van der Waals surface area (Å²) in [5.41, 5.74) is 0.828. The first kappa shape index (κ1) is 18.4. The number of hydrogen-bond acceptors (Lipinski definition) is 3. The zero-order valence-corrected chi connectivity index (χ0v) is 14.3. The van der Waals surface area contributed by atoms with Crippen molar-refractivity contribution in [3.05, 3.63) is 51.5 Å². The molecule has 130 valence electrons. The second-order valence-corrected chi connectivity index (χ2v) is 6.69. The normalized spacial score (nSPS) is 11.8. The quantitative estimate of drug-likeness (QED) is 0.843. The van der Waals surface area contributed by atoms with Crippen LogP contribution in [0.25, 0.3) is 0 Å². The lowest BCUT2D eigenvalue weighted by Crippen LogP contribution is -2.27.